The van der Waals surface area contributed by atoms with Crippen LogP contribution in [-0.2, 0) is 0 Å². The number of nitrogens with zero attached hydrogens (tertiary/aromatic N) is 1. The predicted molar refractivity (Wildman–Crippen MR) is 103 cm³/mol. The first-order valence-corrected chi connectivity index (χ1v) is 8.83. The van der Waals surface area contributed by atoms with Crippen molar-refractivity contribution in [2.75, 3.05) is 32.1 Å². The highest BCUT2D eigenvalue weighted by molar-refractivity contribution is 5.93. The molecule has 140 valence electrons. The molecule has 0 bridgehead atoms. The van der Waals surface area contributed by atoms with Crippen LogP contribution in [0.15, 0.2) is 42.6 Å². The molecule has 26 heavy (non-hydrogen) atoms. The van der Waals surface area contributed by atoms with Gasteiger partial charge in [0.25, 0.3) is 5.91 Å². The lowest BCUT2D eigenvalue weighted by atomic mass is 10.1. The number of hydrogen-bond donors (Lipinski definition) is 2. The zero-order valence-corrected chi connectivity index (χ0v) is 15.6. The number of anilines is 1. The second-order valence-electron chi connectivity index (χ2n) is 6.32. The highest BCUT2D eigenvalue weighted by Gasteiger charge is 2.07. The Morgan fingerprint density at radius 2 is 1.85 bits per heavy atom. The molecule has 1 amide bonds. The van der Waals surface area contributed by atoms with Gasteiger partial charge in [0.2, 0.25) is 0 Å². The molecule has 0 aliphatic heterocycles. The van der Waals surface area contributed by atoms with Gasteiger partial charge < -0.3 is 20.1 Å². The van der Waals surface area contributed by atoms with Crippen molar-refractivity contribution in [1.29, 1.82) is 0 Å². The van der Waals surface area contributed by atoms with Crippen LogP contribution in [0.25, 0.3) is 0 Å². The molecule has 0 unspecified atom stereocenters. The fraction of sp³-hybridized carbons (Fsp3) is 0.400. The molecule has 0 fully saturated rings. The minimum Gasteiger partial charge on any atom is -0.497 e. The van der Waals surface area contributed by atoms with E-state index < -0.39 is 0 Å². The minimum absolute atomic E-state index is 0.212. The molecule has 0 atom stereocenters. The van der Waals surface area contributed by atoms with E-state index in [1.54, 1.807) is 19.4 Å². The van der Waals surface area contributed by atoms with Crippen molar-refractivity contribution in [2.45, 2.75) is 20.3 Å². The van der Waals surface area contributed by atoms with Crippen LogP contribution in [0.4, 0.5) is 5.69 Å². The molecule has 2 rings (SSSR count). The lowest BCUT2D eigenvalue weighted by Crippen LogP contribution is -2.28. The minimum atomic E-state index is -0.212. The van der Waals surface area contributed by atoms with Gasteiger partial charge in [-0.15, -0.1) is 0 Å². The molecule has 0 aliphatic carbocycles. The summed E-state index contributed by atoms with van der Waals surface area (Å²) in [5, 5.41) is 6.13. The molecule has 0 saturated heterocycles. The molecule has 0 radical (unpaired) electrons. The Kier molecular flexibility index (Phi) is 7.74. The van der Waals surface area contributed by atoms with Crippen LogP contribution in [0.2, 0.25) is 0 Å². The number of benzene rings is 1. The number of aromatic nitrogens is 1. The Hall–Kier alpha value is -2.76. The zero-order chi connectivity index (χ0) is 18.8. The van der Waals surface area contributed by atoms with E-state index in [-0.39, 0.29) is 5.91 Å². The molecule has 6 heteroatoms. The smallest absolute Gasteiger partial charge is 0.270 e. The van der Waals surface area contributed by atoms with E-state index in [1.807, 2.05) is 30.3 Å². The second-order valence-corrected chi connectivity index (χ2v) is 6.32. The summed E-state index contributed by atoms with van der Waals surface area (Å²) in [7, 11) is 1.62. The van der Waals surface area contributed by atoms with Crippen LogP contribution in [-0.4, -0.2) is 37.7 Å². The monoisotopic (exact) mass is 357 g/mol. The van der Waals surface area contributed by atoms with Crippen LogP contribution in [0.5, 0.6) is 11.5 Å². The Labute approximate surface area is 154 Å². The standard InChI is InChI=1S/C20H27N3O3/c1-15(2)8-10-21-16-9-11-22-19(14-16)20(24)23-12-13-26-18-6-4-17(25-3)5-7-18/h4-7,9,11,14-15H,8,10,12-13H2,1-3H3,(H,21,22)(H,23,24). The van der Waals surface area contributed by atoms with Crippen molar-refractivity contribution in [1.82, 2.24) is 10.3 Å². The van der Waals surface area contributed by atoms with Crippen LogP contribution >= 0.6 is 0 Å². The van der Waals surface area contributed by atoms with Crippen LogP contribution < -0.4 is 20.1 Å². The maximum Gasteiger partial charge on any atom is 0.270 e. The van der Waals surface area contributed by atoms with Crippen molar-refractivity contribution in [3.05, 3.63) is 48.3 Å². The fourth-order valence-electron chi connectivity index (χ4n) is 2.27. The predicted octanol–water partition coefficient (Wildman–Crippen LogP) is 3.36. The van der Waals surface area contributed by atoms with Gasteiger partial charge in [0.1, 0.15) is 23.8 Å². The molecule has 1 aromatic heterocycles. The first-order chi connectivity index (χ1) is 12.6. The van der Waals surface area contributed by atoms with Crippen LogP contribution in [0.1, 0.15) is 30.8 Å². The van der Waals surface area contributed by atoms with E-state index in [0.717, 1.165) is 30.2 Å². The third-order valence-electron chi connectivity index (χ3n) is 3.76. The van der Waals surface area contributed by atoms with Crippen molar-refractivity contribution in [2.24, 2.45) is 5.92 Å². The quantitative estimate of drug-likeness (QED) is 0.638. The highest BCUT2D eigenvalue weighted by atomic mass is 16.5. The average Bonchev–Trinajstić information content (AvgIpc) is 2.65. The van der Waals surface area contributed by atoms with Crippen molar-refractivity contribution < 1.29 is 14.3 Å². The van der Waals surface area contributed by atoms with Crippen LogP contribution in [0.3, 0.4) is 0 Å². The molecule has 0 saturated carbocycles. The second kappa shape index (κ2) is 10.3. The third kappa shape index (κ3) is 6.63. The summed E-state index contributed by atoms with van der Waals surface area (Å²) in [6, 6.07) is 10.9. The van der Waals surface area contributed by atoms with Gasteiger partial charge >= 0.3 is 0 Å². The lowest BCUT2D eigenvalue weighted by molar-refractivity contribution is 0.0942. The number of methoxy groups -OCH3 is 1. The number of rotatable bonds is 10. The van der Waals surface area contributed by atoms with Crippen molar-refractivity contribution >= 4 is 11.6 Å². The van der Waals surface area contributed by atoms with E-state index in [0.29, 0.717) is 24.8 Å². The average molecular weight is 357 g/mol. The first-order valence-electron chi connectivity index (χ1n) is 8.83. The van der Waals surface area contributed by atoms with E-state index in [9.17, 15) is 4.79 Å². The summed E-state index contributed by atoms with van der Waals surface area (Å²) in [4.78, 5) is 16.3. The van der Waals surface area contributed by atoms with Gasteiger partial charge in [-0.05, 0) is 48.7 Å². The Morgan fingerprint density at radius 3 is 2.54 bits per heavy atom. The highest BCUT2D eigenvalue weighted by Crippen LogP contribution is 2.16. The number of carbonyl (C=O) groups is 1. The maximum atomic E-state index is 12.2. The number of carbonyl (C=O) groups excluding carboxylic acids is 1. The molecular formula is C20H27N3O3. The number of ether oxygens (including phenoxy) is 2. The fourth-order valence-corrected chi connectivity index (χ4v) is 2.27. The van der Waals surface area contributed by atoms with Gasteiger partial charge in [-0.1, -0.05) is 13.8 Å². The molecule has 1 heterocycles. The Morgan fingerprint density at radius 1 is 1.12 bits per heavy atom. The van der Waals surface area contributed by atoms with Gasteiger partial charge in [-0.3, -0.25) is 9.78 Å². The lowest BCUT2D eigenvalue weighted by Gasteiger charge is -2.10. The molecule has 2 N–H and O–H groups in total. The maximum absolute atomic E-state index is 12.2. The molecule has 2 aromatic rings. The number of nitrogens with one attached hydrogen (secondary N) is 2. The molecule has 0 aliphatic rings. The van der Waals surface area contributed by atoms with Gasteiger partial charge in [-0.2, -0.15) is 0 Å². The van der Waals surface area contributed by atoms with Crippen LogP contribution in [0, 0.1) is 5.92 Å². The molecule has 1 aromatic carbocycles. The summed E-state index contributed by atoms with van der Waals surface area (Å²) in [6.07, 6.45) is 2.72. The summed E-state index contributed by atoms with van der Waals surface area (Å²) in [5.74, 6) is 1.93. The van der Waals surface area contributed by atoms with Gasteiger partial charge in [0.15, 0.2) is 0 Å². The number of hydrogen-bond acceptors (Lipinski definition) is 5. The molecular weight excluding hydrogens is 330 g/mol. The van der Waals surface area contributed by atoms with E-state index in [1.165, 1.54) is 0 Å². The first kappa shape index (κ1) is 19.6. The molecule has 6 nitrogen and oxygen atoms in total. The summed E-state index contributed by atoms with van der Waals surface area (Å²) < 4.78 is 10.7. The largest absolute Gasteiger partial charge is 0.497 e. The topological polar surface area (TPSA) is 72.5 Å². The Bertz CT molecular complexity index is 687. The third-order valence-corrected chi connectivity index (χ3v) is 3.76. The van der Waals surface area contributed by atoms with Crippen molar-refractivity contribution in [3.63, 3.8) is 0 Å². The van der Waals surface area contributed by atoms with Gasteiger partial charge in [-0.25, -0.2) is 0 Å². The number of pyridine rings is 1. The summed E-state index contributed by atoms with van der Waals surface area (Å²) in [6.45, 7) is 6.02. The summed E-state index contributed by atoms with van der Waals surface area (Å²) in [5.41, 5.74) is 1.30. The van der Waals surface area contributed by atoms with E-state index in [4.69, 9.17) is 9.47 Å². The van der Waals surface area contributed by atoms with Crippen molar-refractivity contribution in [3.8, 4) is 11.5 Å². The normalized spacial score (nSPS) is 10.5. The Balaban J connectivity index is 1.74. The van der Waals surface area contributed by atoms with E-state index in [2.05, 4.69) is 29.5 Å². The van der Waals surface area contributed by atoms with Gasteiger partial charge in [0.05, 0.1) is 13.7 Å². The van der Waals surface area contributed by atoms with E-state index >= 15 is 0 Å². The SMILES string of the molecule is COc1ccc(OCCNC(=O)c2cc(NCCC(C)C)ccn2)cc1. The van der Waals surface area contributed by atoms with Gasteiger partial charge in [0, 0.05) is 18.4 Å². The zero-order valence-electron chi connectivity index (χ0n) is 15.6. The summed E-state index contributed by atoms with van der Waals surface area (Å²) >= 11 is 0. The number of amides is 1. The molecule has 0 spiro atoms.